The summed E-state index contributed by atoms with van der Waals surface area (Å²) in [7, 11) is 1.78. The Morgan fingerprint density at radius 3 is 2.78 bits per heavy atom. The van der Waals surface area contributed by atoms with Crippen LogP contribution < -0.4 is 5.32 Å². The highest BCUT2D eigenvalue weighted by Crippen LogP contribution is 2.40. The number of anilines is 1. The molecule has 0 atom stereocenters. The van der Waals surface area contributed by atoms with Crippen molar-refractivity contribution in [1.29, 1.82) is 0 Å². The molecule has 1 N–H and O–H groups in total. The average Bonchev–Trinajstić information content (AvgIpc) is 2.41. The lowest BCUT2D eigenvalue weighted by Crippen LogP contribution is -2.35. The van der Waals surface area contributed by atoms with Crippen LogP contribution in [-0.4, -0.2) is 23.6 Å². The first-order valence-corrected chi connectivity index (χ1v) is 6.83. The zero-order valence-corrected chi connectivity index (χ0v) is 11.6. The van der Waals surface area contributed by atoms with Crippen LogP contribution >= 0.6 is 0 Å². The number of nitrogens with zero attached hydrogens (tertiary/aromatic N) is 2. The van der Waals surface area contributed by atoms with E-state index < -0.39 is 0 Å². The molecule has 0 bridgehead atoms. The van der Waals surface area contributed by atoms with Crippen LogP contribution in [0.2, 0.25) is 0 Å². The second kappa shape index (κ2) is 5.65. The number of nitrogens with one attached hydrogen (secondary N) is 1. The number of aromatic nitrogens is 2. The van der Waals surface area contributed by atoms with Crippen LogP contribution in [0, 0.1) is 5.92 Å². The van der Waals surface area contributed by atoms with Gasteiger partial charge in [-0.3, -0.25) is 0 Å². The molecule has 0 spiro atoms. The van der Waals surface area contributed by atoms with Gasteiger partial charge in [0.1, 0.15) is 11.4 Å². The van der Waals surface area contributed by atoms with Crippen molar-refractivity contribution >= 4 is 5.82 Å². The molecule has 0 amide bonds. The summed E-state index contributed by atoms with van der Waals surface area (Å²) in [5.41, 5.74) is -0.280. The predicted octanol–water partition coefficient (Wildman–Crippen LogP) is 2.96. The predicted molar refractivity (Wildman–Crippen MR) is 72.5 cm³/mol. The van der Waals surface area contributed by atoms with Crippen LogP contribution in [0.4, 0.5) is 5.82 Å². The summed E-state index contributed by atoms with van der Waals surface area (Å²) < 4.78 is 5.79. The van der Waals surface area contributed by atoms with E-state index >= 15 is 0 Å². The maximum Gasteiger partial charge on any atom is 0.162 e. The molecule has 1 aromatic rings. The van der Waals surface area contributed by atoms with Crippen molar-refractivity contribution in [2.75, 3.05) is 19.0 Å². The van der Waals surface area contributed by atoms with Gasteiger partial charge in [-0.2, -0.15) is 0 Å². The number of ether oxygens (including phenoxy) is 1. The van der Waals surface area contributed by atoms with E-state index in [1.807, 2.05) is 12.3 Å². The normalized spacial score (nSPS) is 28.1. The molecule has 1 aliphatic rings. The Labute approximate surface area is 109 Å². The Hall–Kier alpha value is -1.16. The highest BCUT2D eigenvalue weighted by Gasteiger charge is 2.38. The molecule has 4 heteroatoms. The van der Waals surface area contributed by atoms with Crippen molar-refractivity contribution in [3.8, 4) is 0 Å². The third kappa shape index (κ3) is 2.64. The first kappa shape index (κ1) is 13.3. The molecule has 1 aliphatic carbocycles. The van der Waals surface area contributed by atoms with Crippen molar-refractivity contribution in [2.24, 2.45) is 5.92 Å². The van der Waals surface area contributed by atoms with Crippen LogP contribution in [0.3, 0.4) is 0 Å². The van der Waals surface area contributed by atoms with Crippen molar-refractivity contribution in [3.05, 3.63) is 18.1 Å². The fourth-order valence-electron chi connectivity index (χ4n) is 2.61. The molecule has 1 fully saturated rings. The van der Waals surface area contributed by atoms with Crippen LogP contribution in [-0.2, 0) is 10.3 Å². The van der Waals surface area contributed by atoms with Gasteiger partial charge in [-0.1, -0.05) is 6.92 Å². The Bertz CT molecular complexity index is 386. The molecule has 1 saturated carbocycles. The topological polar surface area (TPSA) is 47.0 Å². The van der Waals surface area contributed by atoms with Crippen LogP contribution in [0.25, 0.3) is 0 Å². The fourth-order valence-corrected chi connectivity index (χ4v) is 2.61. The molecule has 0 radical (unpaired) electrons. The quantitative estimate of drug-likeness (QED) is 0.891. The molecular weight excluding hydrogens is 226 g/mol. The first-order valence-electron chi connectivity index (χ1n) is 6.83. The van der Waals surface area contributed by atoms with E-state index in [4.69, 9.17) is 4.74 Å². The SMILES string of the molecule is CCNc1ccnc(C2(OC)CCC(C)CC2)n1. The van der Waals surface area contributed by atoms with Crippen LogP contribution in [0.5, 0.6) is 0 Å². The van der Waals surface area contributed by atoms with E-state index in [0.29, 0.717) is 0 Å². The first-order chi connectivity index (χ1) is 8.70. The Morgan fingerprint density at radius 2 is 2.17 bits per heavy atom. The van der Waals surface area contributed by atoms with E-state index in [1.54, 1.807) is 7.11 Å². The smallest absolute Gasteiger partial charge is 0.162 e. The molecule has 1 aromatic heterocycles. The van der Waals surface area contributed by atoms with Gasteiger partial charge in [-0.05, 0) is 44.6 Å². The lowest BCUT2D eigenvalue weighted by molar-refractivity contribution is -0.0596. The summed E-state index contributed by atoms with van der Waals surface area (Å²) in [5, 5.41) is 3.23. The monoisotopic (exact) mass is 249 g/mol. The molecule has 0 unspecified atom stereocenters. The summed E-state index contributed by atoms with van der Waals surface area (Å²) in [6, 6.07) is 1.90. The molecular formula is C14H23N3O. The van der Waals surface area contributed by atoms with Crippen molar-refractivity contribution < 1.29 is 4.74 Å². The molecule has 0 saturated heterocycles. The summed E-state index contributed by atoms with van der Waals surface area (Å²) >= 11 is 0. The number of hydrogen-bond donors (Lipinski definition) is 1. The maximum absolute atomic E-state index is 5.79. The fraction of sp³-hybridized carbons (Fsp3) is 0.714. The van der Waals surface area contributed by atoms with E-state index in [2.05, 4.69) is 29.1 Å². The number of methoxy groups -OCH3 is 1. The van der Waals surface area contributed by atoms with Crippen molar-refractivity contribution in [1.82, 2.24) is 9.97 Å². The van der Waals surface area contributed by atoms with E-state index in [0.717, 1.165) is 36.9 Å². The van der Waals surface area contributed by atoms with Gasteiger partial charge in [0.2, 0.25) is 0 Å². The Kier molecular flexibility index (Phi) is 4.17. The van der Waals surface area contributed by atoms with Gasteiger partial charge in [0.25, 0.3) is 0 Å². The van der Waals surface area contributed by atoms with Crippen LogP contribution in [0.15, 0.2) is 12.3 Å². The summed E-state index contributed by atoms with van der Waals surface area (Å²) in [6.07, 6.45) is 6.21. The third-order valence-electron chi connectivity index (χ3n) is 3.89. The largest absolute Gasteiger partial charge is 0.370 e. The second-order valence-corrected chi connectivity index (χ2v) is 5.18. The Morgan fingerprint density at radius 1 is 1.44 bits per heavy atom. The van der Waals surface area contributed by atoms with E-state index in [1.165, 1.54) is 12.8 Å². The molecule has 0 aromatic carbocycles. The van der Waals surface area contributed by atoms with Gasteiger partial charge in [0, 0.05) is 19.9 Å². The molecule has 0 aliphatic heterocycles. The highest BCUT2D eigenvalue weighted by atomic mass is 16.5. The van der Waals surface area contributed by atoms with Crippen LogP contribution in [0.1, 0.15) is 45.4 Å². The zero-order chi connectivity index (χ0) is 13.0. The summed E-state index contributed by atoms with van der Waals surface area (Å²) in [4.78, 5) is 9.04. The maximum atomic E-state index is 5.79. The minimum atomic E-state index is -0.280. The average molecular weight is 249 g/mol. The van der Waals surface area contributed by atoms with E-state index in [-0.39, 0.29) is 5.60 Å². The summed E-state index contributed by atoms with van der Waals surface area (Å²) in [6.45, 7) is 5.24. The molecule has 4 nitrogen and oxygen atoms in total. The highest BCUT2D eigenvalue weighted by molar-refractivity contribution is 5.33. The lowest BCUT2D eigenvalue weighted by atomic mass is 9.79. The van der Waals surface area contributed by atoms with Gasteiger partial charge in [-0.25, -0.2) is 9.97 Å². The number of hydrogen-bond acceptors (Lipinski definition) is 4. The van der Waals surface area contributed by atoms with Gasteiger partial charge < -0.3 is 10.1 Å². The van der Waals surface area contributed by atoms with Gasteiger partial charge >= 0.3 is 0 Å². The standard InChI is InChI=1S/C14H23N3O/c1-4-15-12-7-10-16-13(17-12)14(18-3)8-5-11(2)6-9-14/h7,10-11H,4-6,8-9H2,1-3H3,(H,15,16,17). The molecule has 1 heterocycles. The van der Waals surface area contributed by atoms with Gasteiger partial charge in [0.15, 0.2) is 5.82 Å². The molecule has 100 valence electrons. The van der Waals surface area contributed by atoms with E-state index in [9.17, 15) is 0 Å². The zero-order valence-electron chi connectivity index (χ0n) is 11.6. The third-order valence-corrected chi connectivity index (χ3v) is 3.89. The Balaban J connectivity index is 2.24. The number of rotatable bonds is 4. The second-order valence-electron chi connectivity index (χ2n) is 5.18. The van der Waals surface area contributed by atoms with Crippen molar-refractivity contribution in [3.63, 3.8) is 0 Å². The minimum absolute atomic E-state index is 0.280. The van der Waals surface area contributed by atoms with Gasteiger partial charge in [-0.15, -0.1) is 0 Å². The van der Waals surface area contributed by atoms with Gasteiger partial charge in [0.05, 0.1) is 0 Å². The molecule has 2 rings (SSSR count). The summed E-state index contributed by atoms with van der Waals surface area (Å²) in [5.74, 6) is 2.50. The molecule has 18 heavy (non-hydrogen) atoms. The lowest BCUT2D eigenvalue weighted by Gasteiger charge is -2.36. The minimum Gasteiger partial charge on any atom is -0.370 e. The van der Waals surface area contributed by atoms with Crippen molar-refractivity contribution in [2.45, 2.75) is 45.1 Å².